The van der Waals surface area contributed by atoms with Crippen molar-refractivity contribution in [3.8, 4) is 5.88 Å². The van der Waals surface area contributed by atoms with Crippen molar-refractivity contribution in [2.24, 2.45) is 0 Å². The predicted octanol–water partition coefficient (Wildman–Crippen LogP) is 2.42. The van der Waals surface area contributed by atoms with Gasteiger partial charge in [-0.25, -0.2) is 18.4 Å². The van der Waals surface area contributed by atoms with Crippen LogP contribution in [0.4, 0.5) is 5.82 Å². The van der Waals surface area contributed by atoms with E-state index in [0.29, 0.717) is 10.2 Å². The van der Waals surface area contributed by atoms with E-state index < -0.39 is 10.0 Å². The largest absolute Gasteiger partial charge is 0.478 e. The number of nitrogens with zero attached hydrogens (tertiary/aromatic N) is 2. The fraction of sp³-hybridized carbons (Fsp3) is 0.200. The summed E-state index contributed by atoms with van der Waals surface area (Å²) < 4.78 is 32.4. The minimum absolute atomic E-state index is 0.0633. The zero-order chi connectivity index (χ0) is 14.0. The second-order valence-corrected chi connectivity index (χ2v) is 7.18. The molecule has 2 heterocycles. The number of hydrogen-bond donors (Lipinski definition) is 1. The van der Waals surface area contributed by atoms with Crippen LogP contribution in [-0.4, -0.2) is 25.5 Å². The first kappa shape index (κ1) is 14.2. The lowest BCUT2D eigenvalue weighted by Crippen LogP contribution is -2.14. The van der Waals surface area contributed by atoms with Crippen LogP contribution in [0.25, 0.3) is 0 Å². The van der Waals surface area contributed by atoms with E-state index in [-0.39, 0.29) is 15.9 Å². The van der Waals surface area contributed by atoms with Gasteiger partial charge in [-0.3, -0.25) is 4.72 Å². The van der Waals surface area contributed by atoms with Gasteiger partial charge in [0.15, 0.2) is 4.21 Å². The average Bonchev–Trinajstić information content (AvgIpc) is 2.78. The van der Waals surface area contributed by atoms with Crippen LogP contribution in [0.15, 0.2) is 26.3 Å². The predicted molar refractivity (Wildman–Crippen MR) is 76.1 cm³/mol. The van der Waals surface area contributed by atoms with Gasteiger partial charge in [-0.15, -0.1) is 11.3 Å². The Bertz CT molecular complexity index is 700. The highest BCUT2D eigenvalue weighted by Crippen LogP contribution is 2.30. The maximum absolute atomic E-state index is 12.2. The van der Waals surface area contributed by atoms with E-state index in [2.05, 4.69) is 30.6 Å². The Balaban J connectivity index is 2.39. The number of ether oxygens (including phenoxy) is 1. The second kappa shape index (κ2) is 5.43. The maximum atomic E-state index is 12.2. The third-order valence-electron chi connectivity index (χ3n) is 2.11. The highest BCUT2D eigenvalue weighted by Gasteiger charge is 2.22. The Kier molecular flexibility index (Phi) is 4.07. The zero-order valence-corrected chi connectivity index (χ0v) is 13.3. The smallest absolute Gasteiger partial charge is 0.273 e. The number of sulfonamides is 1. The molecule has 9 heteroatoms. The summed E-state index contributed by atoms with van der Waals surface area (Å²) in [7, 11) is -2.30. The minimum Gasteiger partial charge on any atom is -0.478 e. The molecule has 2 rings (SSSR count). The molecule has 2 aromatic heterocycles. The van der Waals surface area contributed by atoms with Gasteiger partial charge in [-0.1, -0.05) is 0 Å². The third kappa shape index (κ3) is 3.04. The maximum Gasteiger partial charge on any atom is 0.273 e. The number of aromatic nitrogens is 2. The lowest BCUT2D eigenvalue weighted by atomic mass is 10.5. The molecular weight excluding hydrogens is 354 g/mol. The van der Waals surface area contributed by atoms with E-state index in [4.69, 9.17) is 4.74 Å². The monoisotopic (exact) mass is 363 g/mol. The van der Waals surface area contributed by atoms with Gasteiger partial charge in [-0.05, 0) is 34.3 Å². The number of hydrogen-bond acceptors (Lipinski definition) is 6. The molecule has 6 nitrogen and oxygen atoms in total. The fourth-order valence-corrected chi connectivity index (χ4v) is 4.66. The van der Waals surface area contributed by atoms with E-state index in [1.54, 1.807) is 18.4 Å². The summed E-state index contributed by atoms with van der Waals surface area (Å²) in [5.74, 6) is 0.199. The van der Waals surface area contributed by atoms with Crippen molar-refractivity contribution in [2.45, 2.75) is 11.1 Å². The number of nitrogens with one attached hydrogen (secondary N) is 1. The normalized spacial score (nSPS) is 11.3. The first-order valence-corrected chi connectivity index (χ1v) is 8.23. The Morgan fingerprint density at radius 3 is 2.79 bits per heavy atom. The van der Waals surface area contributed by atoms with E-state index in [0.717, 1.165) is 11.3 Å². The van der Waals surface area contributed by atoms with Gasteiger partial charge in [0.05, 0.1) is 19.0 Å². The molecule has 0 atom stereocenters. The second-order valence-electron chi connectivity index (χ2n) is 3.53. The summed E-state index contributed by atoms with van der Waals surface area (Å²) in [4.78, 5) is 8.04. The molecule has 0 amide bonds. The lowest BCUT2D eigenvalue weighted by Gasteiger charge is -2.09. The number of rotatable bonds is 4. The van der Waals surface area contributed by atoms with Crippen molar-refractivity contribution in [1.29, 1.82) is 0 Å². The molecule has 2 aromatic rings. The number of anilines is 1. The first-order valence-electron chi connectivity index (χ1n) is 5.07. The minimum atomic E-state index is -3.71. The molecule has 0 aliphatic heterocycles. The van der Waals surface area contributed by atoms with Crippen LogP contribution >= 0.6 is 27.3 Å². The fourth-order valence-electron chi connectivity index (χ4n) is 1.31. The standard InChI is InChI=1S/C10H10BrN3O3S2/c1-6-5-12-8(9(13-6)17-2)14-19(15,16)10-7(11)3-4-18-10/h3-5H,1-2H3,(H,12,14). The number of halogens is 1. The molecule has 1 N–H and O–H groups in total. The molecule has 102 valence electrons. The summed E-state index contributed by atoms with van der Waals surface area (Å²) in [5.41, 5.74) is 0.636. The quantitative estimate of drug-likeness (QED) is 0.901. The number of aryl methyl sites for hydroxylation is 1. The summed E-state index contributed by atoms with van der Waals surface area (Å²) in [6.07, 6.45) is 1.46. The van der Waals surface area contributed by atoms with Crippen molar-refractivity contribution < 1.29 is 13.2 Å². The van der Waals surface area contributed by atoms with Crippen LogP contribution in [0, 0.1) is 6.92 Å². The molecule has 0 spiro atoms. The zero-order valence-electron chi connectivity index (χ0n) is 10.0. The van der Waals surface area contributed by atoms with Crippen molar-refractivity contribution >= 4 is 43.1 Å². The lowest BCUT2D eigenvalue weighted by molar-refractivity contribution is 0.397. The molecule has 19 heavy (non-hydrogen) atoms. The van der Waals surface area contributed by atoms with Gasteiger partial charge in [0, 0.05) is 4.47 Å². The number of thiophene rings is 1. The van der Waals surface area contributed by atoms with Gasteiger partial charge >= 0.3 is 0 Å². The van der Waals surface area contributed by atoms with Gasteiger partial charge in [0.2, 0.25) is 5.82 Å². The highest BCUT2D eigenvalue weighted by atomic mass is 79.9. The van der Waals surface area contributed by atoms with Gasteiger partial charge in [0.1, 0.15) is 0 Å². The molecule has 0 bridgehead atoms. The molecule has 0 unspecified atom stereocenters. The topological polar surface area (TPSA) is 81.2 Å². The van der Waals surface area contributed by atoms with Crippen molar-refractivity contribution in [3.05, 3.63) is 27.8 Å². The summed E-state index contributed by atoms with van der Waals surface area (Å²) in [5, 5.41) is 1.68. The van der Waals surface area contributed by atoms with Crippen LogP contribution in [0.3, 0.4) is 0 Å². The van der Waals surface area contributed by atoms with Crippen molar-refractivity contribution in [3.63, 3.8) is 0 Å². The van der Waals surface area contributed by atoms with E-state index in [1.807, 2.05) is 0 Å². The molecule has 0 radical (unpaired) electrons. The third-order valence-corrected chi connectivity index (χ3v) is 6.12. The summed E-state index contributed by atoms with van der Waals surface area (Å²) in [6.45, 7) is 1.74. The molecule has 0 aliphatic rings. The Morgan fingerprint density at radius 2 is 2.21 bits per heavy atom. The molecule has 0 aliphatic carbocycles. The van der Waals surface area contributed by atoms with E-state index in [1.165, 1.54) is 13.3 Å². The molecule has 0 fully saturated rings. The first-order chi connectivity index (χ1) is 8.94. The summed E-state index contributed by atoms with van der Waals surface area (Å²) in [6, 6.07) is 1.66. The van der Waals surface area contributed by atoms with Crippen molar-refractivity contribution in [2.75, 3.05) is 11.8 Å². The van der Waals surface area contributed by atoms with Gasteiger partial charge in [0.25, 0.3) is 15.9 Å². The highest BCUT2D eigenvalue weighted by molar-refractivity contribution is 9.10. The molecule has 0 saturated carbocycles. The van der Waals surface area contributed by atoms with Crippen LogP contribution in [0.2, 0.25) is 0 Å². The van der Waals surface area contributed by atoms with Crippen LogP contribution in [-0.2, 0) is 10.0 Å². The molecule has 0 saturated heterocycles. The Labute approximate surface area is 123 Å². The average molecular weight is 364 g/mol. The SMILES string of the molecule is COc1nc(C)cnc1NS(=O)(=O)c1sccc1Br. The van der Waals surface area contributed by atoms with Crippen molar-refractivity contribution in [1.82, 2.24) is 9.97 Å². The van der Waals surface area contributed by atoms with Crippen LogP contribution < -0.4 is 9.46 Å². The Morgan fingerprint density at radius 1 is 1.47 bits per heavy atom. The number of methoxy groups -OCH3 is 1. The molecular formula is C10H10BrN3O3S2. The van der Waals surface area contributed by atoms with Crippen LogP contribution in [0.1, 0.15) is 5.69 Å². The van der Waals surface area contributed by atoms with E-state index in [9.17, 15) is 8.42 Å². The van der Waals surface area contributed by atoms with Crippen LogP contribution in [0.5, 0.6) is 5.88 Å². The van der Waals surface area contributed by atoms with E-state index >= 15 is 0 Å². The molecule has 0 aromatic carbocycles. The van der Waals surface area contributed by atoms with Gasteiger partial charge in [-0.2, -0.15) is 0 Å². The summed E-state index contributed by atoms with van der Waals surface area (Å²) >= 11 is 4.29. The van der Waals surface area contributed by atoms with Gasteiger partial charge < -0.3 is 4.74 Å². The Hall–Kier alpha value is -1.19.